The minimum atomic E-state index is 0.797. The Morgan fingerprint density at radius 2 is 1.72 bits per heavy atom. The maximum Gasteiger partial charge on any atom is 0.122 e. The molecule has 0 unspecified atom stereocenters. The van der Waals surface area contributed by atoms with Crippen LogP contribution in [-0.4, -0.2) is 29.7 Å². The largest absolute Gasteiger partial charge is 0.493 e. The van der Waals surface area contributed by atoms with Crippen molar-refractivity contribution < 1.29 is 4.74 Å². The first-order valence-corrected chi connectivity index (χ1v) is 10.6. The number of hydrogen-bond acceptors (Lipinski definition) is 4. The van der Waals surface area contributed by atoms with Gasteiger partial charge in [-0.1, -0.05) is 13.8 Å². The van der Waals surface area contributed by atoms with E-state index in [4.69, 9.17) is 4.74 Å². The molecule has 0 N–H and O–H groups in total. The summed E-state index contributed by atoms with van der Waals surface area (Å²) in [6.45, 7) is 9.44. The number of rotatable bonds is 6. The maximum absolute atomic E-state index is 5.61. The van der Waals surface area contributed by atoms with Crippen LogP contribution in [0.2, 0.25) is 0 Å². The average molecular weight is 390 g/mol. The van der Waals surface area contributed by atoms with Crippen molar-refractivity contribution in [2.45, 2.75) is 40.0 Å². The molecule has 0 bridgehead atoms. The predicted octanol–water partition coefficient (Wildman–Crippen LogP) is 5.70. The molecule has 1 aliphatic heterocycles. The van der Waals surface area contributed by atoms with Crippen LogP contribution in [0.5, 0.6) is 5.75 Å². The predicted molar refractivity (Wildman–Crippen MR) is 121 cm³/mol. The summed E-state index contributed by atoms with van der Waals surface area (Å²) in [4.78, 5) is 11.0. The molecular weight excluding hydrogens is 358 g/mol. The zero-order valence-electron chi connectivity index (χ0n) is 17.8. The van der Waals surface area contributed by atoms with E-state index in [0.717, 1.165) is 50.4 Å². The van der Waals surface area contributed by atoms with E-state index in [1.54, 1.807) is 12.4 Å². The quantitative estimate of drug-likeness (QED) is 0.542. The van der Waals surface area contributed by atoms with Gasteiger partial charge < -0.3 is 9.64 Å². The fraction of sp³-hybridized carbons (Fsp3) is 0.360. The van der Waals surface area contributed by atoms with Crippen molar-refractivity contribution in [2.75, 3.05) is 24.6 Å². The molecule has 4 heteroatoms. The minimum Gasteiger partial charge on any atom is -0.493 e. The molecule has 4 rings (SSSR count). The van der Waals surface area contributed by atoms with Crippen molar-refractivity contribution in [1.82, 2.24) is 9.97 Å². The number of nitrogens with zero attached hydrogens (tertiary/aromatic N) is 3. The van der Waals surface area contributed by atoms with Crippen LogP contribution in [0.25, 0.3) is 11.3 Å². The van der Waals surface area contributed by atoms with Crippen LogP contribution in [0.15, 0.2) is 61.1 Å². The van der Waals surface area contributed by atoms with Gasteiger partial charge in [-0.3, -0.25) is 9.97 Å². The summed E-state index contributed by atoms with van der Waals surface area (Å²) in [5, 5.41) is 0. The Labute approximate surface area is 174 Å². The molecule has 4 nitrogen and oxygen atoms in total. The number of anilines is 1. The summed E-state index contributed by atoms with van der Waals surface area (Å²) in [5.74, 6) is 1.03. The second-order valence-corrected chi connectivity index (χ2v) is 7.30. The van der Waals surface area contributed by atoms with Gasteiger partial charge in [-0.15, -0.1) is 0 Å². The van der Waals surface area contributed by atoms with Crippen LogP contribution in [0.4, 0.5) is 5.69 Å². The lowest BCUT2D eigenvalue weighted by Crippen LogP contribution is -2.25. The van der Waals surface area contributed by atoms with Gasteiger partial charge in [0.25, 0.3) is 0 Å². The summed E-state index contributed by atoms with van der Waals surface area (Å²) in [6.07, 6.45) is 8.75. The molecule has 29 heavy (non-hydrogen) atoms. The Hall–Kier alpha value is -2.88. The van der Waals surface area contributed by atoms with E-state index >= 15 is 0 Å². The third-order valence-electron chi connectivity index (χ3n) is 4.92. The lowest BCUT2D eigenvalue weighted by atomic mass is 10.0. The highest BCUT2D eigenvalue weighted by molar-refractivity contribution is 5.76. The van der Waals surface area contributed by atoms with E-state index in [9.17, 15) is 0 Å². The number of hydrogen-bond donors (Lipinski definition) is 0. The number of benzene rings is 1. The second-order valence-electron chi connectivity index (χ2n) is 7.30. The molecule has 2 aromatic heterocycles. The number of pyridine rings is 2. The molecule has 0 radical (unpaired) electrons. The van der Waals surface area contributed by atoms with E-state index in [-0.39, 0.29) is 0 Å². The molecule has 3 heterocycles. The van der Waals surface area contributed by atoms with Crippen LogP contribution in [-0.2, 0) is 6.42 Å². The molecule has 1 aromatic carbocycles. The lowest BCUT2D eigenvalue weighted by Gasteiger charge is -2.25. The molecular formula is C25H31N3O. The SMILES string of the molecule is CCCN(CCC)c1cccnc1-c1ccc2c(c1)CCO2.Cc1ccncc1. The molecule has 0 aliphatic carbocycles. The maximum atomic E-state index is 5.61. The molecule has 0 amide bonds. The van der Waals surface area contributed by atoms with Gasteiger partial charge in [0.1, 0.15) is 5.75 Å². The second kappa shape index (κ2) is 10.6. The van der Waals surface area contributed by atoms with E-state index in [0.29, 0.717) is 0 Å². The van der Waals surface area contributed by atoms with Gasteiger partial charge >= 0.3 is 0 Å². The minimum absolute atomic E-state index is 0.797. The van der Waals surface area contributed by atoms with Crippen LogP contribution in [0.3, 0.4) is 0 Å². The molecule has 0 fully saturated rings. The van der Waals surface area contributed by atoms with Crippen LogP contribution < -0.4 is 9.64 Å². The highest BCUT2D eigenvalue weighted by atomic mass is 16.5. The van der Waals surface area contributed by atoms with Crippen molar-refractivity contribution in [2.24, 2.45) is 0 Å². The molecule has 152 valence electrons. The van der Waals surface area contributed by atoms with Crippen molar-refractivity contribution in [3.8, 4) is 17.0 Å². The third-order valence-corrected chi connectivity index (χ3v) is 4.92. The highest BCUT2D eigenvalue weighted by Crippen LogP contribution is 2.34. The van der Waals surface area contributed by atoms with Gasteiger partial charge in [-0.05, 0) is 73.4 Å². The van der Waals surface area contributed by atoms with E-state index in [1.165, 1.54) is 22.4 Å². The molecule has 0 spiro atoms. The summed E-state index contributed by atoms with van der Waals surface area (Å²) in [6, 6.07) is 14.6. The van der Waals surface area contributed by atoms with Crippen molar-refractivity contribution >= 4 is 5.69 Å². The van der Waals surface area contributed by atoms with E-state index in [1.807, 2.05) is 31.3 Å². The van der Waals surface area contributed by atoms with Crippen LogP contribution in [0, 0.1) is 6.92 Å². The highest BCUT2D eigenvalue weighted by Gasteiger charge is 2.16. The number of fused-ring (bicyclic) bond motifs is 1. The van der Waals surface area contributed by atoms with Crippen molar-refractivity contribution in [1.29, 1.82) is 0 Å². The summed E-state index contributed by atoms with van der Waals surface area (Å²) < 4.78 is 5.61. The Bertz CT molecular complexity index is 890. The number of ether oxygens (including phenoxy) is 1. The normalized spacial score (nSPS) is 11.8. The van der Waals surface area contributed by atoms with E-state index < -0.39 is 0 Å². The Morgan fingerprint density at radius 3 is 2.38 bits per heavy atom. The van der Waals surface area contributed by atoms with Crippen LogP contribution in [0.1, 0.15) is 37.8 Å². The van der Waals surface area contributed by atoms with Gasteiger partial charge in [0, 0.05) is 43.7 Å². The van der Waals surface area contributed by atoms with Gasteiger partial charge in [-0.25, -0.2) is 0 Å². The number of aryl methyl sites for hydroxylation is 1. The zero-order valence-corrected chi connectivity index (χ0v) is 17.8. The first kappa shape index (κ1) is 20.8. The van der Waals surface area contributed by atoms with E-state index in [2.05, 4.69) is 53.0 Å². The molecule has 0 saturated heterocycles. The Morgan fingerprint density at radius 1 is 0.966 bits per heavy atom. The molecule has 0 saturated carbocycles. The number of aromatic nitrogens is 2. The zero-order chi connectivity index (χ0) is 20.5. The molecule has 3 aromatic rings. The smallest absolute Gasteiger partial charge is 0.122 e. The molecule has 0 atom stereocenters. The first-order valence-electron chi connectivity index (χ1n) is 10.6. The summed E-state index contributed by atoms with van der Waals surface area (Å²) in [5.41, 5.74) is 6.07. The Balaban J connectivity index is 0.000000290. The van der Waals surface area contributed by atoms with Gasteiger partial charge in [0.05, 0.1) is 18.0 Å². The van der Waals surface area contributed by atoms with Gasteiger partial charge in [-0.2, -0.15) is 0 Å². The van der Waals surface area contributed by atoms with Crippen molar-refractivity contribution in [3.05, 3.63) is 72.2 Å². The first-order chi connectivity index (χ1) is 14.2. The van der Waals surface area contributed by atoms with Gasteiger partial charge in [0.2, 0.25) is 0 Å². The standard InChI is InChI=1S/C19H24N2O.C6H7N/c1-3-11-21(12-4-2)17-6-5-10-20-19(17)16-7-8-18-15(14-16)9-13-22-18;1-6-2-4-7-5-3-6/h5-8,10,14H,3-4,9,11-13H2,1-2H3;2-5H,1H3. The van der Waals surface area contributed by atoms with Crippen molar-refractivity contribution in [3.63, 3.8) is 0 Å². The molecule has 1 aliphatic rings. The summed E-state index contributed by atoms with van der Waals surface area (Å²) in [7, 11) is 0. The fourth-order valence-corrected chi connectivity index (χ4v) is 3.53. The third kappa shape index (κ3) is 5.57. The summed E-state index contributed by atoms with van der Waals surface area (Å²) >= 11 is 0. The Kier molecular flexibility index (Phi) is 7.62. The average Bonchev–Trinajstić information content (AvgIpc) is 3.22. The monoisotopic (exact) mass is 389 g/mol. The van der Waals surface area contributed by atoms with Crippen LogP contribution >= 0.6 is 0 Å². The van der Waals surface area contributed by atoms with Gasteiger partial charge in [0.15, 0.2) is 0 Å². The topological polar surface area (TPSA) is 38.2 Å². The lowest BCUT2D eigenvalue weighted by molar-refractivity contribution is 0.357. The fourth-order valence-electron chi connectivity index (χ4n) is 3.53.